The number of nitrogens with one attached hydrogen (secondary N) is 1. The maximum atomic E-state index is 13.0. The van der Waals surface area contributed by atoms with Crippen molar-refractivity contribution in [2.24, 2.45) is 0 Å². The van der Waals surface area contributed by atoms with Crippen molar-refractivity contribution in [3.63, 3.8) is 0 Å². The van der Waals surface area contributed by atoms with Crippen LogP contribution in [0.1, 0.15) is 20.8 Å². The van der Waals surface area contributed by atoms with Crippen LogP contribution in [0.4, 0.5) is 9.18 Å². The third-order valence-corrected chi connectivity index (χ3v) is 1.32. The second-order valence-corrected chi connectivity index (χ2v) is 4.00. The van der Waals surface area contributed by atoms with Crippen LogP contribution in [-0.2, 0) is 9.53 Å². The Bertz CT molecular complexity index is 318. The van der Waals surface area contributed by atoms with Gasteiger partial charge in [0.2, 0.25) is 0 Å². The molecule has 1 atom stereocenters. The highest BCUT2D eigenvalue weighted by Crippen LogP contribution is 2.06. The number of hydrogen-bond acceptors (Lipinski definition) is 3. The molecule has 1 amide bonds. The van der Waals surface area contributed by atoms with Crippen LogP contribution in [0.25, 0.3) is 5.53 Å². The predicted molar refractivity (Wildman–Crippen MR) is 53.8 cm³/mol. The Balaban J connectivity index is 4.02. The van der Waals surface area contributed by atoms with E-state index in [0.29, 0.717) is 6.21 Å². The summed E-state index contributed by atoms with van der Waals surface area (Å²) in [5, 5.41) is 2.08. The van der Waals surface area contributed by atoms with Gasteiger partial charge in [-0.15, -0.1) is 0 Å². The molecule has 6 nitrogen and oxygen atoms in total. The molecule has 90 valence electrons. The molecule has 0 saturated heterocycles. The zero-order chi connectivity index (χ0) is 12.8. The van der Waals surface area contributed by atoms with E-state index in [-0.39, 0.29) is 0 Å². The third kappa shape index (κ3) is 6.67. The number of hydrogen-bond donors (Lipinski definition) is 1. The standard InChI is InChI=1S/C9H14FN3O3/c1-9(2,3)16-8(15)12-4-6(10)7(14)5-13-11/h5-6H,4H2,1-3H3,(H,12,15). The van der Waals surface area contributed by atoms with E-state index in [1.165, 1.54) is 0 Å². The highest BCUT2D eigenvalue weighted by molar-refractivity contribution is 6.27. The van der Waals surface area contributed by atoms with Crippen molar-refractivity contribution in [2.75, 3.05) is 6.54 Å². The summed E-state index contributed by atoms with van der Waals surface area (Å²) in [4.78, 5) is 24.2. The van der Waals surface area contributed by atoms with Gasteiger partial charge in [0.05, 0.1) is 6.54 Å². The Hall–Kier alpha value is -1.75. The molecule has 0 saturated carbocycles. The van der Waals surface area contributed by atoms with Crippen LogP contribution in [0.5, 0.6) is 0 Å². The molecule has 1 N–H and O–H groups in total. The number of ketones is 1. The number of carbonyl (C=O) groups excluding carboxylic acids is 2. The molecule has 0 aromatic heterocycles. The molecule has 0 aromatic rings. The van der Waals surface area contributed by atoms with Crippen LogP contribution in [0.3, 0.4) is 0 Å². The zero-order valence-electron chi connectivity index (χ0n) is 9.36. The molecule has 0 aliphatic rings. The number of alkyl halides is 1. The number of Topliss-reactive ketones (excluding diaryl/α,β-unsaturated/α-hetero) is 1. The van der Waals surface area contributed by atoms with E-state index in [0.717, 1.165) is 0 Å². The average Bonchev–Trinajstić information content (AvgIpc) is 2.11. The van der Waals surface area contributed by atoms with E-state index in [1.807, 2.05) is 0 Å². The van der Waals surface area contributed by atoms with E-state index < -0.39 is 30.2 Å². The number of nitrogens with zero attached hydrogens (tertiary/aromatic N) is 2. The monoisotopic (exact) mass is 231 g/mol. The third-order valence-electron chi connectivity index (χ3n) is 1.32. The lowest BCUT2D eigenvalue weighted by Crippen LogP contribution is -2.38. The maximum absolute atomic E-state index is 13.0. The van der Waals surface area contributed by atoms with E-state index in [2.05, 4.69) is 10.1 Å². The van der Waals surface area contributed by atoms with Crippen molar-refractivity contribution >= 4 is 18.1 Å². The highest BCUT2D eigenvalue weighted by atomic mass is 19.1. The molecule has 0 aliphatic heterocycles. The molecule has 0 fully saturated rings. The van der Waals surface area contributed by atoms with Crippen molar-refractivity contribution in [3.8, 4) is 0 Å². The summed E-state index contributed by atoms with van der Waals surface area (Å²) >= 11 is 0. The molecule has 16 heavy (non-hydrogen) atoms. The van der Waals surface area contributed by atoms with Crippen LogP contribution >= 0.6 is 0 Å². The molecule has 0 spiro atoms. The summed E-state index contributed by atoms with van der Waals surface area (Å²) in [6, 6.07) is 0. The van der Waals surface area contributed by atoms with Crippen molar-refractivity contribution in [1.29, 1.82) is 0 Å². The summed E-state index contributed by atoms with van der Waals surface area (Å²) in [6.07, 6.45) is -2.34. The number of rotatable bonds is 4. The van der Waals surface area contributed by atoms with E-state index in [4.69, 9.17) is 10.3 Å². The van der Waals surface area contributed by atoms with Gasteiger partial charge in [-0.3, -0.25) is 4.79 Å². The molecular formula is C9H14FN3O3. The van der Waals surface area contributed by atoms with Crippen LogP contribution in [0, 0.1) is 0 Å². The molecule has 0 bridgehead atoms. The fraction of sp³-hybridized carbons (Fsp3) is 0.667. The minimum atomic E-state index is -1.96. The predicted octanol–water partition coefficient (Wildman–Crippen LogP) is 0.719. The molecule has 0 rings (SSSR count). The lowest BCUT2D eigenvalue weighted by atomic mass is 10.2. The molecule has 1 unspecified atom stereocenters. The number of alkyl carbamates (subject to hydrolysis) is 1. The number of carbonyl (C=O) groups is 2. The van der Waals surface area contributed by atoms with Gasteiger partial charge in [0.1, 0.15) is 5.60 Å². The summed E-state index contributed by atoms with van der Waals surface area (Å²) in [5.41, 5.74) is 7.30. The number of halogens is 1. The maximum Gasteiger partial charge on any atom is 0.407 e. The van der Waals surface area contributed by atoms with Gasteiger partial charge < -0.3 is 15.6 Å². The van der Waals surface area contributed by atoms with E-state index in [9.17, 15) is 14.0 Å². The lowest BCUT2D eigenvalue weighted by molar-refractivity contribution is -0.120. The van der Waals surface area contributed by atoms with Gasteiger partial charge in [-0.2, -0.15) is 4.79 Å². The van der Waals surface area contributed by atoms with E-state index >= 15 is 0 Å². The average molecular weight is 231 g/mol. The Kier molecular flexibility index (Phi) is 5.32. The van der Waals surface area contributed by atoms with Gasteiger partial charge in [-0.25, -0.2) is 9.18 Å². The van der Waals surface area contributed by atoms with Crippen molar-refractivity contribution < 1.29 is 23.5 Å². The smallest absolute Gasteiger partial charge is 0.407 e. The first-order chi connectivity index (χ1) is 7.26. The van der Waals surface area contributed by atoms with Gasteiger partial charge in [-0.05, 0) is 20.8 Å². The summed E-state index contributed by atoms with van der Waals surface area (Å²) in [5.74, 6) is -1.03. The molecule has 0 aliphatic carbocycles. The first kappa shape index (κ1) is 14.2. The molecule has 7 heteroatoms. The highest BCUT2D eigenvalue weighted by Gasteiger charge is 2.21. The molecular weight excluding hydrogens is 217 g/mol. The molecule has 0 aromatic carbocycles. The fourth-order valence-electron chi connectivity index (χ4n) is 0.725. The van der Waals surface area contributed by atoms with E-state index in [1.54, 1.807) is 20.8 Å². The van der Waals surface area contributed by atoms with Crippen molar-refractivity contribution in [2.45, 2.75) is 32.5 Å². The normalized spacial score (nSPS) is 12.2. The molecule has 0 heterocycles. The summed E-state index contributed by atoms with van der Waals surface area (Å²) in [7, 11) is 0. The Morgan fingerprint density at radius 2 is 2.12 bits per heavy atom. The van der Waals surface area contributed by atoms with Crippen LogP contribution in [0.2, 0.25) is 0 Å². The number of amides is 1. The van der Waals surface area contributed by atoms with Gasteiger partial charge in [-0.1, -0.05) is 0 Å². The molecule has 0 radical (unpaired) electrons. The Morgan fingerprint density at radius 1 is 1.56 bits per heavy atom. The van der Waals surface area contributed by atoms with Gasteiger partial charge in [0.25, 0.3) is 5.78 Å². The van der Waals surface area contributed by atoms with Crippen LogP contribution < -0.4 is 5.32 Å². The van der Waals surface area contributed by atoms with Crippen LogP contribution in [-0.4, -0.2) is 41.2 Å². The first-order valence-corrected chi connectivity index (χ1v) is 4.58. The van der Waals surface area contributed by atoms with Gasteiger partial charge in [0, 0.05) is 0 Å². The quantitative estimate of drug-likeness (QED) is 0.439. The van der Waals surface area contributed by atoms with Gasteiger partial charge in [0.15, 0.2) is 6.17 Å². The minimum absolute atomic E-state index is 0.432. The second-order valence-electron chi connectivity index (χ2n) is 4.00. The first-order valence-electron chi connectivity index (χ1n) is 4.58. The Morgan fingerprint density at radius 3 is 2.56 bits per heavy atom. The summed E-state index contributed by atoms with van der Waals surface area (Å²) in [6.45, 7) is 4.44. The lowest BCUT2D eigenvalue weighted by Gasteiger charge is -2.19. The second kappa shape index (κ2) is 5.97. The van der Waals surface area contributed by atoms with Gasteiger partial charge >= 0.3 is 12.3 Å². The largest absolute Gasteiger partial charge is 0.444 e. The van der Waals surface area contributed by atoms with Crippen molar-refractivity contribution in [3.05, 3.63) is 5.53 Å². The zero-order valence-corrected chi connectivity index (χ0v) is 9.36. The Labute approximate surface area is 92.4 Å². The fourth-order valence-corrected chi connectivity index (χ4v) is 0.725. The van der Waals surface area contributed by atoms with Crippen molar-refractivity contribution in [1.82, 2.24) is 5.32 Å². The van der Waals surface area contributed by atoms with Crippen LogP contribution in [0.15, 0.2) is 0 Å². The number of ether oxygens (including phenoxy) is 1. The topological polar surface area (TPSA) is 91.8 Å². The summed E-state index contributed by atoms with van der Waals surface area (Å²) < 4.78 is 17.8. The minimum Gasteiger partial charge on any atom is -0.444 e. The SMILES string of the molecule is CC(C)(C)OC(=O)NCC(F)C(=O)C=[N+]=[N-].